The summed E-state index contributed by atoms with van der Waals surface area (Å²) in [6.45, 7) is 2.50. The van der Waals surface area contributed by atoms with Crippen molar-refractivity contribution in [1.29, 1.82) is 0 Å². The van der Waals surface area contributed by atoms with Gasteiger partial charge < -0.3 is 4.74 Å². The molecule has 1 heterocycles. The molecule has 0 unspecified atom stereocenters. The first-order valence-electron chi connectivity index (χ1n) is 5.57. The fraction of sp³-hybridized carbons (Fsp3) is 0.636. The van der Waals surface area contributed by atoms with Gasteiger partial charge in [-0.1, -0.05) is 25.4 Å². The maximum absolute atomic E-state index is 11.9. The molecule has 108 valence electrons. The van der Waals surface area contributed by atoms with Crippen LogP contribution < -0.4 is 0 Å². The van der Waals surface area contributed by atoms with Gasteiger partial charge in [-0.15, -0.1) is 0 Å². The predicted octanol–water partition coefficient (Wildman–Crippen LogP) is 4.14. The summed E-state index contributed by atoms with van der Waals surface area (Å²) in [6.07, 6.45) is -4.13. The molecular weight excluding hydrogens is 348 g/mol. The summed E-state index contributed by atoms with van der Waals surface area (Å²) in [5, 5.41) is 0.254. The van der Waals surface area contributed by atoms with E-state index < -0.39 is 12.8 Å². The highest BCUT2D eigenvalue weighted by Crippen LogP contribution is 2.28. The van der Waals surface area contributed by atoms with Crippen molar-refractivity contribution < 1.29 is 17.9 Å². The van der Waals surface area contributed by atoms with E-state index in [1.807, 2.05) is 13.8 Å². The minimum absolute atomic E-state index is 0.102. The van der Waals surface area contributed by atoms with Crippen molar-refractivity contribution in [2.24, 2.45) is 0 Å². The molecule has 0 spiro atoms. The molecule has 0 aliphatic rings. The quantitative estimate of drug-likeness (QED) is 0.584. The SMILES string of the molecule is CC(C)c1nc(CCOCC(F)(F)F)nc(Cl)c1Br. The van der Waals surface area contributed by atoms with E-state index in [-0.39, 0.29) is 24.1 Å². The fourth-order valence-electron chi connectivity index (χ4n) is 1.33. The lowest BCUT2D eigenvalue weighted by Gasteiger charge is -2.11. The zero-order valence-electron chi connectivity index (χ0n) is 10.4. The van der Waals surface area contributed by atoms with Gasteiger partial charge in [-0.3, -0.25) is 0 Å². The average Bonchev–Trinajstić information content (AvgIpc) is 2.27. The monoisotopic (exact) mass is 360 g/mol. The molecule has 0 fully saturated rings. The number of ether oxygens (including phenoxy) is 1. The van der Waals surface area contributed by atoms with Gasteiger partial charge in [0.15, 0.2) is 0 Å². The second-order valence-corrected chi connectivity index (χ2v) is 5.35. The van der Waals surface area contributed by atoms with Crippen molar-refractivity contribution >= 4 is 27.5 Å². The molecule has 0 aliphatic carbocycles. The van der Waals surface area contributed by atoms with Crippen LogP contribution in [0.25, 0.3) is 0 Å². The molecule has 0 aliphatic heterocycles. The Balaban J connectivity index is 2.64. The highest BCUT2D eigenvalue weighted by molar-refractivity contribution is 9.10. The van der Waals surface area contributed by atoms with Crippen LogP contribution in [0, 0.1) is 0 Å². The van der Waals surface area contributed by atoms with Gasteiger partial charge in [0.2, 0.25) is 0 Å². The molecule has 0 saturated carbocycles. The summed E-state index contributed by atoms with van der Waals surface area (Å²) < 4.78 is 40.8. The van der Waals surface area contributed by atoms with Crippen LogP contribution in [-0.2, 0) is 11.2 Å². The maximum atomic E-state index is 11.9. The first-order chi connectivity index (χ1) is 8.70. The minimum atomic E-state index is -4.32. The summed E-state index contributed by atoms with van der Waals surface area (Å²) in [7, 11) is 0. The molecule has 0 aromatic carbocycles. The van der Waals surface area contributed by atoms with Gasteiger partial charge in [0.25, 0.3) is 0 Å². The van der Waals surface area contributed by atoms with E-state index in [0.717, 1.165) is 5.69 Å². The zero-order valence-corrected chi connectivity index (χ0v) is 12.7. The van der Waals surface area contributed by atoms with E-state index in [1.165, 1.54) is 0 Å². The van der Waals surface area contributed by atoms with Crippen LogP contribution in [0.3, 0.4) is 0 Å². The Hall–Kier alpha value is -0.400. The number of rotatable bonds is 5. The molecular formula is C11H13BrClF3N2O. The summed E-state index contributed by atoms with van der Waals surface area (Å²) in [5.74, 6) is 0.504. The van der Waals surface area contributed by atoms with Gasteiger partial charge in [-0.25, -0.2) is 9.97 Å². The van der Waals surface area contributed by atoms with Gasteiger partial charge in [0.05, 0.1) is 16.8 Å². The predicted molar refractivity (Wildman–Crippen MR) is 69.4 cm³/mol. The van der Waals surface area contributed by atoms with E-state index in [0.29, 0.717) is 10.3 Å². The topological polar surface area (TPSA) is 35.0 Å². The van der Waals surface area contributed by atoms with Crippen molar-refractivity contribution in [2.45, 2.75) is 32.4 Å². The Morgan fingerprint density at radius 3 is 2.47 bits per heavy atom. The Morgan fingerprint density at radius 2 is 1.95 bits per heavy atom. The van der Waals surface area contributed by atoms with E-state index in [4.69, 9.17) is 11.6 Å². The second-order valence-electron chi connectivity index (χ2n) is 4.20. The third kappa shape index (κ3) is 5.62. The molecule has 8 heteroatoms. The average molecular weight is 362 g/mol. The molecule has 0 amide bonds. The molecule has 1 rings (SSSR count). The van der Waals surface area contributed by atoms with Crippen molar-refractivity contribution in [1.82, 2.24) is 9.97 Å². The molecule has 0 bridgehead atoms. The number of halogens is 5. The highest BCUT2D eigenvalue weighted by atomic mass is 79.9. The van der Waals surface area contributed by atoms with Crippen LogP contribution in [0.5, 0.6) is 0 Å². The molecule has 1 aromatic heterocycles. The van der Waals surface area contributed by atoms with Crippen LogP contribution in [-0.4, -0.2) is 29.4 Å². The normalized spacial score (nSPS) is 12.2. The number of hydrogen-bond donors (Lipinski definition) is 0. The lowest BCUT2D eigenvalue weighted by Crippen LogP contribution is -2.18. The van der Waals surface area contributed by atoms with E-state index in [2.05, 4.69) is 30.6 Å². The molecule has 0 atom stereocenters. The molecule has 3 nitrogen and oxygen atoms in total. The number of nitrogens with zero attached hydrogens (tertiary/aromatic N) is 2. The zero-order chi connectivity index (χ0) is 14.6. The number of hydrogen-bond acceptors (Lipinski definition) is 3. The van der Waals surface area contributed by atoms with Crippen molar-refractivity contribution in [3.05, 3.63) is 21.1 Å². The van der Waals surface area contributed by atoms with E-state index >= 15 is 0 Å². The van der Waals surface area contributed by atoms with Crippen LogP contribution in [0.4, 0.5) is 13.2 Å². The van der Waals surface area contributed by atoms with Gasteiger partial charge in [0.1, 0.15) is 17.6 Å². The third-order valence-electron chi connectivity index (χ3n) is 2.17. The summed E-state index contributed by atoms with van der Waals surface area (Å²) in [6, 6.07) is 0. The lowest BCUT2D eigenvalue weighted by atomic mass is 10.1. The van der Waals surface area contributed by atoms with E-state index in [1.54, 1.807) is 0 Å². The fourth-order valence-corrected chi connectivity index (χ4v) is 2.16. The van der Waals surface area contributed by atoms with Gasteiger partial charge in [-0.05, 0) is 21.8 Å². The molecule has 0 radical (unpaired) electrons. The van der Waals surface area contributed by atoms with Gasteiger partial charge >= 0.3 is 6.18 Å². The Morgan fingerprint density at radius 1 is 1.32 bits per heavy atom. The Bertz CT molecular complexity index is 441. The van der Waals surface area contributed by atoms with Crippen molar-refractivity contribution in [2.75, 3.05) is 13.2 Å². The first kappa shape index (κ1) is 16.7. The van der Waals surface area contributed by atoms with Crippen LogP contribution >= 0.6 is 27.5 Å². The summed E-state index contributed by atoms with van der Waals surface area (Å²) in [4.78, 5) is 8.26. The minimum Gasteiger partial charge on any atom is -0.372 e. The number of alkyl halides is 3. The van der Waals surface area contributed by atoms with Gasteiger partial charge in [0, 0.05) is 6.42 Å². The standard InChI is InChI=1S/C11H13BrClF3N2O/c1-6(2)9-8(12)10(13)18-7(17-9)3-4-19-5-11(14,15)16/h6H,3-5H2,1-2H3. The summed E-state index contributed by atoms with van der Waals surface area (Å²) >= 11 is 9.22. The Labute approximate surface area is 122 Å². The molecule has 0 N–H and O–H groups in total. The first-order valence-corrected chi connectivity index (χ1v) is 6.74. The smallest absolute Gasteiger partial charge is 0.372 e. The molecule has 19 heavy (non-hydrogen) atoms. The van der Waals surface area contributed by atoms with Crippen LogP contribution in [0.2, 0.25) is 5.15 Å². The van der Waals surface area contributed by atoms with Crippen molar-refractivity contribution in [3.63, 3.8) is 0 Å². The molecule has 1 aromatic rings. The highest BCUT2D eigenvalue weighted by Gasteiger charge is 2.27. The number of aromatic nitrogens is 2. The van der Waals surface area contributed by atoms with E-state index in [9.17, 15) is 13.2 Å². The summed E-state index contributed by atoms with van der Waals surface area (Å²) in [5.41, 5.74) is 0.728. The van der Waals surface area contributed by atoms with Crippen molar-refractivity contribution in [3.8, 4) is 0 Å². The largest absolute Gasteiger partial charge is 0.411 e. The second kappa shape index (κ2) is 6.85. The maximum Gasteiger partial charge on any atom is 0.411 e. The van der Waals surface area contributed by atoms with Crippen LogP contribution in [0.15, 0.2) is 4.47 Å². The lowest BCUT2D eigenvalue weighted by molar-refractivity contribution is -0.173. The van der Waals surface area contributed by atoms with Gasteiger partial charge in [-0.2, -0.15) is 13.2 Å². The third-order valence-corrected chi connectivity index (χ3v) is 3.45. The Kier molecular flexibility index (Phi) is 6.01. The van der Waals surface area contributed by atoms with Crippen LogP contribution in [0.1, 0.15) is 31.3 Å². The molecule has 0 saturated heterocycles.